The zero-order chi connectivity index (χ0) is 55.5. The van der Waals surface area contributed by atoms with Gasteiger partial charge in [0.2, 0.25) is 5.91 Å². The quantitative estimate of drug-likeness (QED) is 0.0300. The number of nitrogens with one attached hydrogen (secondary N) is 1. The molecule has 0 radical (unpaired) electrons. The van der Waals surface area contributed by atoms with Crippen molar-refractivity contribution in [1.29, 1.82) is 0 Å². The summed E-state index contributed by atoms with van der Waals surface area (Å²) < 4.78 is 34.2. The highest BCUT2D eigenvalue weighted by molar-refractivity contribution is 5.76. The topological polar surface area (TPSA) is 307 Å². The van der Waals surface area contributed by atoms with E-state index < -0.39 is 124 Å². The Morgan fingerprint density at radius 1 is 0.461 bits per heavy atom. The summed E-state index contributed by atoms with van der Waals surface area (Å²) in [5, 5.41) is 120. The standard InChI is InChI=1S/C57H101NO18/c1-3-5-7-9-11-13-15-17-19-20-21-23-25-27-29-31-33-35-45(63)58-40(41(62)34-32-30-28-26-24-22-18-16-14-12-10-8-6-4-2)39-71-55-51(69)48(66)53(43(37-60)73-55)76-57-52(70)49(67)54(44(38-61)74-57)75-56-50(68)47(65)46(64)42(36-59)72-56/h14,16-17,19,24,26,32,34,40-44,46-57,59-62,64-70H,3-13,15,18,20-23,25,27-31,33,35-39H2,1-2H3,(H,58,63)/b16-14+,19-17-,26-24+,34-32+. The minimum absolute atomic E-state index is 0.226. The Kier molecular flexibility index (Phi) is 36.6. The molecule has 0 spiro atoms. The molecule has 19 heteroatoms. The van der Waals surface area contributed by atoms with Crippen molar-refractivity contribution in [3.8, 4) is 0 Å². The Morgan fingerprint density at radius 2 is 0.842 bits per heavy atom. The summed E-state index contributed by atoms with van der Waals surface area (Å²) in [7, 11) is 0. The van der Waals surface area contributed by atoms with Crippen molar-refractivity contribution in [1.82, 2.24) is 5.32 Å². The molecule has 3 fully saturated rings. The van der Waals surface area contributed by atoms with E-state index in [2.05, 4.69) is 55.6 Å². The summed E-state index contributed by atoms with van der Waals surface area (Å²) in [6.07, 6.45) is 16.7. The summed E-state index contributed by atoms with van der Waals surface area (Å²) in [5.74, 6) is -0.297. The zero-order valence-corrected chi connectivity index (χ0v) is 45.7. The molecule has 17 unspecified atom stereocenters. The van der Waals surface area contributed by atoms with Gasteiger partial charge in [-0.15, -0.1) is 0 Å². The van der Waals surface area contributed by atoms with E-state index in [4.69, 9.17) is 28.4 Å². The molecule has 76 heavy (non-hydrogen) atoms. The maximum absolute atomic E-state index is 13.3. The monoisotopic (exact) mass is 1090 g/mol. The lowest BCUT2D eigenvalue weighted by molar-refractivity contribution is -0.379. The Morgan fingerprint density at radius 3 is 1.33 bits per heavy atom. The number of rotatable bonds is 41. The first kappa shape index (κ1) is 68.0. The number of ether oxygens (including phenoxy) is 6. The number of hydrogen-bond donors (Lipinski definition) is 12. The van der Waals surface area contributed by atoms with Gasteiger partial charge in [0, 0.05) is 6.42 Å². The van der Waals surface area contributed by atoms with Crippen molar-refractivity contribution in [3.63, 3.8) is 0 Å². The molecule has 0 aliphatic carbocycles. The number of allylic oxidation sites excluding steroid dienone is 7. The largest absolute Gasteiger partial charge is 0.394 e. The van der Waals surface area contributed by atoms with Gasteiger partial charge in [-0.3, -0.25) is 4.79 Å². The SMILES string of the molecule is CCCCCC/C=C/CC/C=C/CC/C=C/C(O)C(COC1OC(CO)C(OC2OC(CO)C(OC3OC(CO)C(O)C(O)C3O)C(O)C2O)C(O)C1O)NC(=O)CCCCCCCCC/C=C\CCCCCCCC. The van der Waals surface area contributed by atoms with E-state index in [0.717, 1.165) is 57.8 Å². The minimum Gasteiger partial charge on any atom is -0.394 e. The lowest BCUT2D eigenvalue weighted by Crippen LogP contribution is -2.66. The average Bonchev–Trinajstić information content (AvgIpc) is 3.42. The molecule has 0 saturated carbocycles. The van der Waals surface area contributed by atoms with Gasteiger partial charge >= 0.3 is 0 Å². The molecule has 3 aliphatic rings. The third kappa shape index (κ3) is 25.0. The molecule has 3 rings (SSSR count). The van der Waals surface area contributed by atoms with E-state index in [1.165, 1.54) is 83.5 Å². The summed E-state index contributed by atoms with van der Waals surface area (Å²) in [6, 6.07) is -0.997. The number of carbonyl (C=O) groups is 1. The predicted molar refractivity (Wildman–Crippen MR) is 286 cm³/mol. The van der Waals surface area contributed by atoms with E-state index >= 15 is 0 Å². The number of amides is 1. The summed E-state index contributed by atoms with van der Waals surface area (Å²) in [6.45, 7) is 1.64. The molecular formula is C57H101NO18. The molecule has 3 aliphatic heterocycles. The van der Waals surface area contributed by atoms with Crippen LogP contribution in [0.25, 0.3) is 0 Å². The Bertz CT molecular complexity index is 1580. The van der Waals surface area contributed by atoms with Crippen molar-refractivity contribution in [3.05, 3.63) is 48.6 Å². The molecule has 19 nitrogen and oxygen atoms in total. The van der Waals surface area contributed by atoms with Crippen molar-refractivity contribution < 1.29 is 89.4 Å². The van der Waals surface area contributed by atoms with Crippen molar-refractivity contribution in [2.75, 3.05) is 26.4 Å². The van der Waals surface area contributed by atoms with E-state index in [1.807, 2.05) is 6.08 Å². The molecule has 1 amide bonds. The molecular weight excluding hydrogens is 987 g/mol. The van der Waals surface area contributed by atoms with Crippen LogP contribution in [0.5, 0.6) is 0 Å². The minimum atomic E-state index is -1.98. The maximum Gasteiger partial charge on any atom is 0.220 e. The number of carbonyl (C=O) groups excluding carboxylic acids is 1. The van der Waals surface area contributed by atoms with Crippen LogP contribution in [-0.2, 0) is 33.2 Å². The first-order valence-electron chi connectivity index (χ1n) is 28.9. The lowest BCUT2D eigenvalue weighted by atomic mass is 9.96. The van der Waals surface area contributed by atoms with Crippen LogP contribution >= 0.6 is 0 Å². The maximum atomic E-state index is 13.3. The van der Waals surface area contributed by atoms with Crippen LogP contribution in [0.1, 0.15) is 174 Å². The second kappa shape index (κ2) is 40.9. The molecule has 0 aromatic heterocycles. The highest BCUT2D eigenvalue weighted by Gasteiger charge is 2.53. The first-order chi connectivity index (χ1) is 36.8. The van der Waals surface area contributed by atoms with Gasteiger partial charge in [-0.1, -0.05) is 146 Å². The van der Waals surface area contributed by atoms with Gasteiger partial charge in [0.15, 0.2) is 18.9 Å². The van der Waals surface area contributed by atoms with Crippen LogP contribution in [0.15, 0.2) is 48.6 Å². The van der Waals surface area contributed by atoms with Crippen LogP contribution in [-0.4, -0.2) is 193 Å². The van der Waals surface area contributed by atoms with Crippen LogP contribution in [0, 0.1) is 0 Å². The molecule has 3 heterocycles. The normalized spacial score (nSPS) is 31.3. The van der Waals surface area contributed by atoms with Gasteiger partial charge in [-0.05, 0) is 70.6 Å². The molecule has 3 saturated heterocycles. The fourth-order valence-corrected chi connectivity index (χ4v) is 9.51. The second-order valence-electron chi connectivity index (χ2n) is 20.7. The Hall–Kier alpha value is -2.25. The smallest absolute Gasteiger partial charge is 0.220 e. The average molecular weight is 1090 g/mol. The summed E-state index contributed by atoms with van der Waals surface area (Å²) >= 11 is 0. The van der Waals surface area contributed by atoms with Crippen LogP contribution < -0.4 is 5.32 Å². The van der Waals surface area contributed by atoms with E-state index in [9.17, 15) is 61.0 Å². The molecule has 12 N–H and O–H groups in total. The lowest BCUT2D eigenvalue weighted by Gasteiger charge is -2.48. The highest BCUT2D eigenvalue weighted by atomic mass is 16.8. The van der Waals surface area contributed by atoms with Crippen molar-refractivity contribution in [2.45, 2.75) is 279 Å². The van der Waals surface area contributed by atoms with Gasteiger partial charge in [-0.25, -0.2) is 0 Å². The second-order valence-corrected chi connectivity index (χ2v) is 20.7. The number of aliphatic hydroxyl groups is 11. The number of aliphatic hydroxyl groups excluding tert-OH is 11. The third-order valence-corrected chi connectivity index (χ3v) is 14.3. The third-order valence-electron chi connectivity index (χ3n) is 14.3. The van der Waals surface area contributed by atoms with Gasteiger partial charge in [-0.2, -0.15) is 0 Å². The molecule has 0 aromatic carbocycles. The first-order valence-corrected chi connectivity index (χ1v) is 28.9. The van der Waals surface area contributed by atoms with Gasteiger partial charge in [0.1, 0.15) is 73.2 Å². The van der Waals surface area contributed by atoms with Crippen molar-refractivity contribution >= 4 is 5.91 Å². The van der Waals surface area contributed by atoms with Crippen molar-refractivity contribution in [2.24, 2.45) is 0 Å². The molecule has 0 bridgehead atoms. The van der Waals surface area contributed by atoms with Gasteiger partial charge in [0.25, 0.3) is 0 Å². The number of unbranched alkanes of at least 4 members (excludes halogenated alkanes) is 19. The van der Waals surface area contributed by atoms with Crippen LogP contribution in [0.3, 0.4) is 0 Å². The van der Waals surface area contributed by atoms with Gasteiger partial charge < -0.3 is 89.9 Å². The molecule has 0 aromatic rings. The van der Waals surface area contributed by atoms with E-state index in [-0.39, 0.29) is 18.9 Å². The number of hydrogen-bond acceptors (Lipinski definition) is 18. The fraction of sp³-hybridized carbons (Fsp3) is 0.842. The summed E-state index contributed by atoms with van der Waals surface area (Å²) in [5.41, 5.74) is 0. The summed E-state index contributed by atoms with van der Waals surface area (Å²) in [4.78, 5) is 13.3. The van der Waals surface area contributed by atoms with Gasteiger partial charge in [0.05, 0.1) is 38.6 Å². The Balaban J connectivity index is 1.54. The fourth-order valence-electron chi connectivity index (χ4n) is 9.51. The van der Waals surface area contributed by atoms with E-state index in [1.54, 1.807) is 6.08 Å². The predicted octanol–water partition coefficient (Wildman–Crippen LogP) is 4.31. The Labute approximate surface area is 453 Å². The zero-order valence-electron chi connectivity index (χ0n) is 45.7. The highest BCUT2D eigenvalue weighted by Crippen LogP contribution is 2.33. The van der Waals surface area contributed by atoms with Crippen LogP contribution in [0.4, 0.5) is 0 Å². The van der Waals surface area contributed by atoms with Crippen LogP contribution in [0.2, 0.25) is 0 Å². The molecule has 442 valence electrons. The van der Waals surface area contributed by atoms with E-state index in [0.29, 0.717) is 12.8 Å². The molecule has 17 atom stereocenters.